The summed E-state index contributed by atoms with van der Waals surface area (Å²) in [4.78, 5) is 4.19. The first-order chi connectivity index (χ1) is 7.74. The number of anilines is 1. The lowest BCUT2D eigenvalue weighted by Gasteiger charge is -2.01. The molecule has 0 amide bonds. The summed E-state index contributed by atoms with van der Waals surface area (Å²) in [5, 5.41) is 5.71. The van der Waals surface area contributed by atoms with E-state index in [9.17, 15) is 0 Å². The van der Waals surface area contributed by atoms with Crippen LogP contribution in [0.2, 0.25) is 5.02 Å². The second kappa shape index (κ2) is 5.23. The first kappa shape index (κ1) is 11.3. The topological polar surface area (TPSA) is 56.7 Å². The summed E-state index contributed by atoms with van der Waals surface area (Å²) in [6.45, 7) is 0.812. The van der Waals surface area contributed by atoms with Crippen molar-refractivity contribution in [1.29, 1.82) is 0 Å². The summed E-state index contributed by atoms with van der Waals surface area (Å²) in [6.07, 6.45) is 3.51. The van der Waals surface area contributed by atoms with Crippen LogP contribution in [0.3, 0.4) is 0 Å². The van der Waals surface area contributed by atoms with Gasteiger partial charge in [-0.15, -0.1) is 11.8 Å². The minimum atomic E-state index is 0.551. The second-order valence-electron chi connectivity index (χ2n) is 3.17. The summed E-state index contributed by atoms with van der Waals surface area (Å²) < 4.78 is 1.82. The van der Waals surface area contributed by atoms with Gasteiger partial charge in [0.1, 0.15) is 5.82 Å². The Morgan fingerprint density at radius 2 is 2.25 bits per heavy atom. The summed E-state index contributed by atoms with van der Waals surface area (Å²) >= 11 is 7.41. The first-order valence-electron chi connectivity index (χ1n) is 4.77. The minimum Gasteiger partial charge on any atom is -0.382 e. The molecule has 0 saturated carbocycles. The van der Waals surface area contributed by atoms with E-state index in [1.165, 1.54) is 0 Å². The first-order valence-corrected chi connectivity index (χ1v) is 6.14. The molecule has 2 aromatic heterocycles. The number of nitrogen functional groups attached to an aromatic ring is 1. The highest BCUT2D eigenvalue weighted by atomic mass is 35.5. The lowest BCUT2D eigenvalue weighted by molar-refractivity contribution is 0.669. The van der Waals surface area contributed by atoms with Gasteiger partial charge in [-0.25, -0.2) is 4.98 Å². The van der Waals surface area contributed by atoms with Gasteiger partial charge in [0.2, 0.25) is 0 Å². The third-order valence-corrected chi connectivity index (χ3v) is 3.08. The molecular formula is C10H11ClN4S. The Hall–Kier alpha value is -1.20. The van der Waals surface area contributed by atoms with Crippen molar-refractivity contribution in [1.82, 2.24) is 14.8 Å². The Kier molecular flexibility index (Phi) is 3.69. The van der Waals surface area contributed by atoms with Gasteiger partial charge in [-0.1, -0.05) is 11.6 Å². The van der Waals surface area contributed by atoms with Crippen LogP contribution in [0.25, 0.3) is 0 Å². The van der Waals surface area contributed by atoms with Crippen molar-refractivity contribution in [2.45, 2.75) is 11.6 Å². The van der Waals surface area contributed by atoms with E-state index in [4.69, 9.17) is 17.3 Å². The number of nitrogens with zero attached hydrogens (tertiary/aromatic N) is 3. The van der Waals surface area contributed by atoms with E-state index in [1.54, 1.807) is 24.0 Å². The smallest absolute Gasteiger partial charge is 0.145 e. The molecule has 0 saturated heterocycles. The Morgan fingerprint density at radius 3 is 2.88 bits per heavy atom. The third-order valence-electron chi connectivity index (χ3n) is 1.93. The van der Waals surface area contributed by atoms with Crippen molar-refractivity contribution in [3.63, 3.8) is 0 Å². The van der Waals surface area contributed by atoms with Crippen molar-refractivity contribution in [2.75, 3.05) is 11.5 Å². The fraction of sp³-hybridized carbons (Fsp3) is 0.200. The molecule has 0 aliphatic heterocycles. The molecule has 0 unspecified atom stereocenters. The number of hydrogen-bond donors (Lipinski definition) is 1. The van der Waals surface area contributed by atoms with Gasteiger partial charge in [0.25, 0.3) is 0 Å². The normalized spacial score (nSPS) is 10.6. The van der Waals surface area contributed by atoms with Crippen molar-refractivity contribution in [3.8, 4) is 0 Å². The van der Waals surface area contributed by atoms with E-state index >= 15 is 0 Å². The molecule has 0 aliphatic rings. The molecule has 84 valence electrons. The Labute approximate surface area is 103 Å². The highest BCUT2D eigenvalue weighted by molar-refractivity contribution is 7.99. The number of aromatic nitrogens is 3. The summed E-state index contributed by atoms with van der Waals surface area (Å²) in [5.74, 6) is 1.45. The van der Waals surface area contributed by atoms with Crippen LogP contribution in [-0.4, -0.2) is 20.5 Å². The largest absolute Gasteiger partial charge is 0.382 e. The molecule has 0 aliphatic carbocycles. The molecule has 16 heavy (non-hydrogen) atoms. The quantitative estimate of drug-likeness (QED) is 0.851. The maximum atomic E-state index is 5.74. The maximum absolute atomic E-state index is 5.74. The molecule has 2 heterocycles. The number of pyridine rings is 1. The van der Waals surface area contributed by atoms with Gasteiger partial charge >= 0.3 is 0 Å². The predicted octanol–water partition coefficient (Wildman–Crippen LogP) is 2.31. The van der Waals surface area contributed by atoms with Gasteiger partial charge in [-0.3, -0.25) is 4.68 Å². The zero-order valence-corrected chi connectivity index (χ0v) is 10.1. The summed E-state index contributed by atoms with van der Waals surface area (Å²) in [6, 6.07) is 5.53. The average Bonchev–Trinajstić information content (AvgIpc) is 2.67. The standard InChI is InChI=1S/C10H11ClN4S/c11-8-1-2-10(13-7-8)16-6-5-15-4-3-9(12)14-15/h1-4,7H,5-6H2,(H2,12,14). The zero-order chi connectivity index (χ0) is 11.4. The highest BCUT2D eigenvalue weighted by Crippen LogP contribution is 2.17. The van der Waals surface area contributed by atoms with Crippen molar-refractivity contribution < 1.29 is 0 Å². The molecule has 0 radical (unpaired) electrons. The molecule has 0 fully saturated rings. The fourth-order valence-corrected chi connectivity index (χ4v) is 2.08. The van der Waals surface area contributed by atoms with Crippen LogP contribution in [0, 0.1) is 0 Å². The molecule has 4 nitrogen and oxygen atoms in total. The van der Waals surface area contributed by atoms with Crippen molar-refractivity contribution in [3.05, 3.63) is 35.6 Å². The SMILES string of the molecule is Nc1ccn(CCSc2ccc(Cl)cn2)n1. The van der Waals surface area contributed by atoms with Crippen molar-refractivity contribution >= 4 is 29.2 Å². The van der Waals surface area contributed by atoms with Gasteiger partial charge in [-0.2, -0.15) is 5.10 Å². The zero-order valence-electron chi connectivity index (χ0n) is 8.51. The predicted molar refractivity (Wildman–Crippen MR) is 66.6 cm³/mol. The van der Waals surface area contributed by atoms with E-state index in [2.05, 4.69) is 10.1 Å². The van der Waals surface area contributed by atoms with E-state index in [-0.39, 0.29) is 0 Å². The Balaban J connectivity index is 1.82. The molecule has 0 bridgehead atoms. The number of halogens is 1. The van der Waals surface area contributed by atoms with Gasteiger partial charge < -0.3 is 5.73 Å². The molecule has 2 rings (SSSR count). The van der Waals surface area contributed by atoms with Crippen LogP contribution < -0.4 is 5.73 Å². The Bertz CT molecular complexity index is 454. The lowest BCUT2D eigenvalue weighted by atomic mass is 10.5. The molecular weight excluding hydrogens is 244 g/mol. The van der Waals surface area contributed by atoms with E-state index in [0.717, 1.165) is 17.3 Å². The Morgan fingerprint density at radius 1 is 1.38 bits per heavy atom. The van der Waals surface area contributed by atoms with Crippen LogP contribution in [0.15, 0.2) is 35.6 Å². The summed E-state index contributed by atoms with van der Waals surface area (Å²) in [7, 11) is 0. The average molecular weight is 255 g/mol. The number of hydrogen-bond acceptors (Lipinski definition) is 4. The fourth-order valence-electron chi connectivity index (χ4n) is 1.19. The van der Waals surface area contributed by atoms with Crippen molar-refractivity contribution in [2.24, 2.45) is 0 Å². The van der Waals surface area contributed by atoms with E-state index in [0.29, 0.717) is 10.8 Å². The highest BCUT2D eigenvalue weighted by Gasteiger charge is 1.98. The number of thioether (sulfide) groups is 1. The van der Waals surface area contributed by atoms with Gasteiger partial charge in [0.05, 0.1) is 16.6 Å². The molecule has 2 aromatic rings. The van der Waals surface area contributed by atoms with Crippen LogP contribution in [0.5, 0.6) is 0 Å². The molecule has 0 aromatic carbocycles. The van der Waals surface area contributed by atoms with E-state index < -0.39 is 0 Å². The third kappa shape index (κ3) is 3.15. The molecule has 0 atom stereocenters. The molecule has 6 heteroatoms. The van der Waals surface area contributed by atoms with Crippen LogP contribution in [0.1, 0.15) is 0 Å². The molecule has 2 N–H and O–H groups in total. The summed E-state index contributed by atoms with van der Waals surface area (Å²) in [5.41, 5.74) is 5.51. The maximum Gasteiger partial charge on any atom is 0.145 e. The van der Waals surface area contributed by atoms with Crippen LogP contribution in [-0.2, 0) is 6.54 Å². The number of rotatable bonds is 4. The lowest BCUT2D eigenvalue weighted by Crippen LogP contribution is -2.01. The van der Waals surface area contributed by atoms with Gasteiger partial charge in [-0.05, 0) is 18.2 Å². The number of aryl methyl sites for hydroxylation is 1. The van der Waals surface area contributed by atoms with E-state index in [1.807, 2.05) is 23.0 Å². The number of nitrogens with two attached hydrogens (primary N) is 1. The van der Waals surface area contributed by atoms with Crippen LogP contribution >= 0.6 is 23.4 Å². The van der Waals surface area contributed by atoms with Crippen LogP contribution in [0.4, 0.5) is 5.82 Å². The van der Waals surface area contributed by atoms with Gasteiger partial charge in [0.15, 0.2) is 0 Å². The second-order valence-corrected chi connectivity index (χ2v) is 4.72. The molecule has 0 spiro atoms. The monoisotopic (exact) mass is 254 g/mol. The van der Waals surface area contributed by atoms with Gasteiger partial charge in [0, 0.05) is 18.1 Å². The minimum absolute atomic E-state index is 0.551.